The largest absolute Gasteiger partial charge is 0.370 e. The molecule has 1 heterocycles. The van der Waals surface area contributed by atoms with Crippen molar-refractivity contribution in [2.24, 2.45) is 0 Å². The lowest BCUT2D eigenvalue weighted by molar-refractivity contribution is -0.116. The molecule has 0 bridgehead atoms. The van der Waals surface area contributed by atoms with Gasteiger partial charge in [-0.15, -0.1) is 0 Å². The average molecular weight is 281 g/mol. The Kier molecular flexibility index (Phi) is 5.08. The molecule has 1 amide bonds. The van der Waals surface area contributed by atoms with E-state index in [2.05, 4.69) is 10.2 Å². The Morgan fingerprint density at radius 2 is 2.05 bits per heavy atom. The van der Waals surface area contributed by atoms with Crippen LogP contribution in [0.5, 0.6) is 0 Å². The maximum atomic E-state index is 11.8. The first-order valence-electron chi connectivity index (χ1n) is 7.05. The summed E-state index contributed by atoms with van der Waals surface area (Å²) in [5, 5.41) is 3.64. The molecule has 1 aromatic carbocycles. The standard InChI is InChI=1S/C15H21ClN2O/c1-2-6-15(19)17-13-11-12(16)7-8-14(13)18-9-4-3-5-10-18/h7-8,11H,2-6,9-10H2,1H3,(H,17,19). The lowest BCUT2D eigenvalue weighted by Crippen LogP contribution is -2.30. The summed E-state index contributed by atoms with van der Waals surface area (Å²) < 4.78 is 0. The first kappa shape index (κ1) is 14.2. The van der Waals surface area contributed by atoms with Crippen LogP contribution < -0.4 is 10.2 Å². The minimum Gasteiger partial charge on any atom is -0.370 e. The highest BCUT2D eigenvalue weighted by molar-refractivity contribution is 6.31. The van der Waals surface area contributed by atoms with E-state index in [4.69, 9.17) is 11.6 Å². The SMILES string of the molecule is CCCC(=O)Nc1cc(Cl)ccc1N1CCCCC1. The summed E-state index contributed by atoms with van der Waals surface area (Å²) in [4.78, 5) is 14.1. The second-order valence-electron chi connectivity index (χ2n) is 5.01. The molecule has 3 nitrogen and oxygen atoms in total. The predicted octanol–water partition coefficient (Wildman–Crippen LogP) is 4.07. The number of hydrogen-bond acceptors (Lipinski definition) is 2. The molecule has 0 spiro atoms. The molecule has 0 aliphatic carbocycles. The van der Waals surface area contributed by atoms with Crippen molar-refractivity contribution in [1.29, 1.82) is 0 Å². The summed E-state index contributed by atoms with van der Waals surface area (Å²) in [5.74, 6) is 0.0584. The van der Waals surface area contributed by atoms with Gasteiger partial charge in [0.1, 0.15) is 0 Å². The van der Waals surface area contributed by atoms with Gasteiger partial charge in [-0.2, -0.15) is 0 Å². The number of piperidine rings is 1. The highest BCUT2D eigenvalue weighted by Crippen LogP contribution is 2.31. The molecule has 104 valence electrons. The Hall–Kier alpha value is -1.22. The van der Waals surface area contributed by atoms with Crippen molar-refractivity contribution in [2.45, 2.75) is 39.0 Å². The van der Waals surface area contributed by atoms with E-state index in [0.717, 1.165) is 30.9 Å². The van der Waals surface area contributed by atoms with Crippen molar-refractivity contribution in [3.05, 3.63) is 23.2 Å². The zero-order chi connectivity index (χ0) is 13.7. The Labute approximate surface area is 119 Å². The van der Waals surface area contributed by atoms with Crippen molar-refractivity contribution in [3.8, 4) is 0 Å². The number of carbonyl (C=O) groups excluding carboxylic acids is 1. The third-order valence-corrected chi connectivity index (χ3v) is 3.64. The summed E-state index contributed by atoms with van der Waals surface area (Å²) >= 11 is 6.05. The summed E-state index contributed by atoms with van der Waals surface area (Å²) in [6.45, 7) is 4.11. The predicted molar refractivity (Wildman–Crippen MR) is 81.1 cm³/mol. The Morgan fingerprint density at radius 1 is 1.32 bits per heavy atom. The van der Waals surface area contributed by atoms with Gasteiger partial charge in [0.15, 0.2) is 0 Å². The van der Waals surface area contributed by atoms with Crippen LogP contribution in [-0.2, 0) is 4.79 Å². The van der Waals surface area contributed by atoms with Crippen LogP contribution in [0.1, 0.15) is 39.0 Å². The van der Waals surface area contributed by atoms with Gasteiger partial charge in [0, 0.05) is 24.5 Å². The molecule has 0 radical (unpaired) electrons. The third-order valence-electron chi connectivity index (χ3n) is 3.41. The van der Waals surface area contributed by atoms with Gasteiger partial charge in [-0.1, -0.05) is 18.5 Å². The molecule has 0 saturated carbocycles. The zero-order valence-corrected chi connectivity index (χ0v) is 12.2. The summed E-state index contributed by atoms with van der Waals surface area (Å²) in [7, 11) is 0. The van der Waals surface area contributed by atoms with Crippen molar-refractivity contribution in [3.63, 3.8) is 0 Å². The molecule has 19 heavy (non-hydrogen) atoms. The van der Waals surface area contributed by atoms with Crippen LogP contribution in [0.3, 0.4) is 0 Å². The van der Waals surface area contributed by atoms with Gasteiger partial charge < -0.3 is 10.2 Å². The van der Waals surface area contributed by atoms with Gasteiger partial charge in [-0.3, -0.25) is 4.79 Å². The fraction of sp³-hybridized carbons (Fsp3) is 0.533. The van der Waals surface area contributed by atoms with E-state index >= 15 is 0 Å². The number of hydrogen-bond donors (Lipinski definition) is 1. The fourth-order valence-electron chi connectivity index (χ4n) is 2.46. The third kappa shape index (κ3) is 3.87. The van der Waals surface area contributed by atoms with E-state index in [0.29, 0.717) is 11.4 Å². The van der Waals surface area contributed by atoms with Gasteiger partial charge in [0.25, 0.3) is 0 Å². The smallest absolute Gasteiger partial charge is 0.224 e. The Morgan fingerprint density at radius 3 is 2.74 bits per heavy atom. The molecule has 0 aromatic heterocycles. The summed E-state index contributed by atoms with van der Waals surface area (Å²) in [5.41, 5.74) is 1.93. The molecular weight excluding hydrogens is 260 g/mol. The highest BCUT2D eigenvalue weighted by Gasteiger charge is 2.15. The molecule has 1 fully saturated rings. The summed E-state index contributed by atoms with van der Waals surface area (Å²) in [6, 6.07) is 5.75. The number of nitrogens with one attached hydrogen (secondary N) is 1. The molecule has 1 aliphatic rings. The molecule has 1 N–H and O–H groups in total. The minimum atomic E-state index is 0.0584. The van der Waals surface area contributed by atoms with E-state index in [1.54, 1.807) is 0 Å². The minimum absolute atomic E-state index is 0.0584. The molecule has 0 unspecified atom stereocenters. The first-order chi connectivity index (χ1) is 9.20. The lowest BCUT2D eigenvalue weighted by Gasteiger charge is -2.30. The van der Waals surface area contributed by atoms with Gasteiger partial charge in [0.2, 0.25) is 5.91 Å². The number of halogens is 1. The first-order valence-corrected chi connectivity index (χ1v) is 7.43. The molecule has 1 aromatic rings. The van der Waals surface area contributed by atoms with E-state index in [1.807, 2.05) is 25.1 Å². The number of nitrogens with zero attached hydrogens (tertiary/aromatic N) is 1. The van der Waals surface area contributed by atoms with Crippen molar-refractivity contribution < 1.29 is 4.79 Å². The Bertz CT molecular complexity index is 442. The van der Waals surface area contributed by atoms with Crippen LogP contribution >= 0.6 is 11.6 Å². The molecule has 4 heteroatoms. The number of rotatable bonds is 4. The van der Waals surface area contributed by atoms with Crippen LogP contribution in [0.2, 0.25) is 5.02 Å². The van der Waals surface area contributed by atoms with Gasteiger partial charge >= 0.3 is 0 Å². The maximum absolute atomic E-state index is 11.8. The normalized spacial score (nSPS) is 15.4. The van der Waals surface area contributed by atoms with Crippen LogP contribution in [0.4, 0.5) is 11.4 Å². The fourth-order valence-corrected chi connectivity index (χ4v) is 2.63. The number of benzene rings is 1. The van der Waals surface area contributed by atoms with E-state index in [9.17, 15) is 4.79 Å². The number of amides is 1. The summed E-state index contributed by atoms with van der Waals surface area (Å²) in [6.07, 6.45) is 5.12. The average Bonchev–Trinajstić information content (AvgIpc) is 2.40. The highest BCUT2D eigenvalue weighted by atomic mass is 35.5. The van der Waals surface area contributed by atoms with Crippen LogP contribution in [0, 0.1) is 0 Å². The van der Waals surface area contributed by atoms with E-state index < -0.39 is 0 Å². The lowest BCUT2D eigenvalue weighted by atomic mass is 10.1. The molecule has 1 saturated heterocycles. The monoisotopic (exact) mass is 280 g/mol. The van der Waals surface area contributed by atoms with Crippen LogP contribution in [0.15, 0.2) is 18.2 Å². The Balaban J connectivity index is 2.19. The van der Waals surface area contributed by atoms with E-state index in [1.165, 1.54) is 19.3 Å². The van der Waals surface area contributed by atoms with Crippen molar-refractivity contribution in [2.75, 3.05) is 23.3 Å². The second-order valence-corrected chi connectivity index (χ2v) is 5.44. The van der Waals surface area contributed by atoms with Gasteiger partial charge in [-0.05, 0) is 43.9 Å². The second kappa shape index (κ2) is 6.80. The number of carbonyl (C=O) groups is 1. The topological polar surface area (TPSA) is 32.3 Å². The quantitative estimate of drug-likeness (QED) is 0.902. The molecule has 0 atom stereocenters. The zero-order valence-electron chi connectivity index (χ0n) is 11.4. The van der Waals surface area contributed by atoms with Gasteiger partial charge in [0.05, 0.1) is 11.4 Å². The number of anilines is 2. The van der Waals surface area contributed by atoms with Crippen LogP contribution in [0.25, 0.3) is 0 Å². The van der Waals surface area contributed by atoms with Gasteiger partial charge in [-0.25, -0.2) is 0 Å². The maximum Gasteiger partial charge on any atom is 0.224 e. The van der Waals surface area contributed by atoms with E-state index in [-0.39, 0.29) is 5.91 Å². The molecule has 1 aliphatic heterocycles. The van der Waals surface area contributed by atoms with Crippen molar-refractivity contribution >= 4 is 28.9 Å². The molecular formula is C15H21ClN2O. The van der Waals surface area contributed by atoms with Crippen LogP contribution in [-0.4, -0.2) is 19.0 Å². The molecule has 2 rings (SSSR count). The van der Waals surface area contributed by atoms with Crippen molar-refractivity contribution in [1.82, 2.24) is 0 Å².